The number of nitrogens with one attached hydrogen (secondary N) is 1. The van der Waals surface area contributed by atoms with Crippen LogP contribution in [0, 0.1) is 5.82 Å². The van der Waals surface area contributed by atoms with Crippen LogP contribution in [0.1, 0.15) is 17.4 Å². The minimum Gasteiger partial charge on any atom is -0.500 e. The topological polar surface area (TPSA) is 66.2 Å². The van der Waals surface area contributed by atoms with E-state index in [1.165, 1.54) is 28.9 Å². The monoisotopic (exact) mass is 265 g/mol. The van der Waals surface area contributed by atoms with Gasteiger partial charge in [0.25, 0.3) is 5.69 Å². The van der Waals surface area contributed by atoms with Crippen molar-refractivity contribution in [3.8, 4) is 17.0 Å². The van der Waals surface area contributed by atoms with Gasteiger partial charge in [0.2, 0.25) is 11.4 Å². The third-order valence-electron chi connectivity index (χ3n) is 2.67. The van der Waals surface area contributed by atoms with Crippen molar-refractivity contribution in [1.29, 1.82) is 0 Å². The zero-order chi connectivity index (χ0) is 14.0. The molecule has 0 aliphatic carbocycles. The maximum absolute atomic E-state index is 12.9. The number of nitrogens with zero attached hydrogens (tertiary/aromatic N) is 1. The summed E-state index contributed by atoms with van der Waals surface area (Å²) in [5.74, 6) is -1.22. The van der Waals surface area contributed by atoms with Crippen LogP contribution >= 0.6 is 0 Å². The van der Waals surface area contributed by atoms with Gasteiger partial charge in [-0.3, -0.25) is 0 Å². The molecule has 5 nitrogen and oxygen atoms in total. The Morgan fingerprint density at radius 1 is 1.42 bits per heavy atom. The molecule has 2 aromatic rings. The van der Waals surface area contributed by atoms with Gasteiger partial charge in [0.05, 0.1) is 12.2 Å². The van der Waals surface area contributed by atoms with Gasteiger partial charge in [0.15, 0.2) is 7.05 Å². The van der Waals surface area contributed by atoms with Crippen LogP contribution in [0.25, 0.3) is 11.3 Å². The summed E-state index contributed by atoms with van der Waals surface area (Å²) in [4.78, 5) is 11.6. The van der Waals surface area contributed by atoms with Crippen molar-refractivity contribution in [2.45, 2.75) is 6.92 Å². The van der Waals surface area contributed by atoms with E-state index < -0.39 is 5.97 Å². The molecule has 0 spiro atoms. The molecule has 100 valence electrons. The van der Waals surface area contributed by atoms with E-state index in [0.29, 0.717) is 11.3 Å². The van der Waals surface area contributed by atoms with E-state index in [1.54, 1.807) is 14.0 Å². The average Bonchev–Trinajstić information content (AvgIpc) is 2.67. The minimum absolute atomic E-state index is 0.0244. The molecular weight excluding hydrogens is 251 g/mol. The fourth-order valence-corrected chi connectivity index (χ4v) is 1.84. The van der Waals surface area contributed by atoms with Gasteiger partial charge in [-0.25, -0.2) is 9.18 Å². The first-order valence-electron chi connectivity index (χ1n) is 5.78. The van der Waals surface area contributed by atoms with Crippen LogP contribution in [0.4, 0.5) is 4.39 Å². The van der Waals surface area contributed by atoms with Crippen LogP contribution < -0.4 is 4.68 Å². The van der Waals surface area contributed by atoms with Gasteiger partial charge >= 0.3 is 5.97 Å². The standard InChI is InChI=1S/C13H13FN2O3/c1-3-19-13(18)10-12(17)11(16(2)15-10)8-4-6-9(14)7-5-8/h4-7,17H,3H2,1-2H3/p+1. The maximum atomic E-state index is 12.9. The highest BCUT2D eigenvalue weighted by atomic mass is 19.1. The Kier molecular flexibility index (Phi) is 3.50. The molecule has 0 amide bonds. The molecule has 0 saturated heterocycles. The molecule has 0 atom stereocenters. The molecule has 6 heteroatoms. The number of H-pyrrole nitrogens is 1. The first-order valence-corrected chi connectivity index (χ1v) is 5.78. The summed E-state index contributed by atoms with van der Waals surface area (Å²) in [5.41, 5.74) is 0.958. The van der Waals surface area contributed by atoms with Gasteiger partial charge in [-0.05, 0) is 31.2 Å². The first kappa shape index (κ1) is 13.1. The van der Waals surface area contributed by atoms with Crippen molar-refractivity contribution in [2.75, 3.05) is 6.61 Å². The predicted octanol–water partition coefficient (Wildman–Crippen LogP) is 1.53. The molecule has 0 unspecified atom stereocenters. The molecule has 0 aliphatic heterocycles. The number of esters is 1. The third-order valence-corrected chi connectivity index (χ3v) is 2.67. The van der Waals surface area contributed by atoms with Crippen LogP contribution in [0.3, 0.4) is 0 Å². The molecule has 0 bridgehead atoms. The number of benzene rings is 1. The second kappa shape index (κ2) is 5.09. The molecule has 2 rings (SSSR count). The number of hydrogen-bond donors (Lipinski definition) is 2. The Morgan fingerprint density at radius 3 is 2.63 bits per heavy atom. The van der Waals surface area contributed by atoms with E-state index in [9.17, 15) is 14.3 Å². The van der Waals surface area contributed by atoms with Crippen molar-refractivity contribution < 1.29 is 23.7 Å². The van der Waals surface area contributed by atoms with Crippen LogP contribution in [-0.4, -0.2) is 22.8 Å². The number of aromatic nitrogens is 2. The normalized spacial score (nSPS) is 10.5. The van der Waals surface area contributed by atoms with E-state index >= 15 is 0 Å². The Bertz CT molecular complexity index is 605. The fraction of sp³-hybridized carbons (Fsp3) is 0.231. The zero-order valence-corrected chi connectivity index (χ0v) is 10.6. The lowest BCUT2D eigenvalue weighted by atomic mass is 10.1. The molecule has 0 fully saturated rings. The number of aromatic amines is 1. The third kappa shape index (κ3) is 2.42. The van der Waals surface area contributed by atoms with E-state index in [0.717, 1.165) is 0 Å². The van der Waals surface area contributed by atoms with Gasteiger partial charge in [-0.1, -0.05) is 0 Å². The summed E-state index contributed by atoms with van der Waals surface area (Å²) in [6.45, 7) is 1.89. The number of aryl methyl sites for hydroxylation is 1. The SMILES string of the molecule is CCOC(=O)c1[nH][n+](C)c(-c2ccc(F)cc2)c1O. The number of ether oxygens (including phenoxy) is 1. The summed E-state index contributed by atoms with van der Waals surface area (Å²) in [5, 5.41) is 12.8. The Hall–Kier alpha value is -2.37. The zero-order valence-electron chi connectivity index (χ0n) is 10.6. The molecule has 1 aromatic heterocycles. The fourth-order valence-electron chi connectivity index (χ4n) is 1.84. The first-order chi connectivity index (χ1) is 9.04. The van der Waals surface area contributed by atoms with Gasteiger partial charge in [-0.15, -0.1) is 4.68 Å². The lowest BCUT2D eigenvalue weighted by Gasteiger charge is -1.97. The highest BCUT2D eigenvalue weighted by Gasteiger charge is 2.28. The summed E-state index contributed by atoms with van der Waals surface area (Å²) in [6, 6.07) is 5.61. The van der Waals surface area contributed by atoms with Crippen molar-refractivity contribution >= 4 is 5.97 Å². The maximum Gasteiger partial charge on any atom is 0.364 e. The summed E-state index contributed by atoms with van der Waals surface area (Å²) in [6.07, 6.45) is 0. The number of halogens is 1. The van der Waals surface area contributed by atoms with Gasteiger partial charge in [0, 0.05) is 0 Å². The number of hydrogen-bond acceptors (Lipinski definition) is 3. The second-order valence-corrected chi connectivity index (χ2v) is 3.97. The van der Waals surface area contributed by atoms with Crippen molar-refractivity contribution in [3.63, 3.8) is 0 Å². The van der Waals surface area contributed by atoms with E-state index in [2.05, 4.69) is 5.10 Å². The molecule has 1 aromatic carbocycles. The molecule has 0 radical (unpaired) electrons. The second-order valence-electron chi connectivity index (χ2n) is 3.97. The number of rotatable bonds is 3. The molecule has 0 aliphatic rings. The highest BCUT2D eigenvalue weighted by Crippen LogP contribution is 2.28. The van der Waals surface area contributed by atoms with E-state index in [4.69, 9.17) is 4.74 Å². The van der Waals surface area contributed by atoms with E-state index in [-0.39, 0.29) is 23.9 Å². The van der Waals surface area contributed by atoms with E-state index in [1.807, 2.05) is 0 Å². The lowest BCUT2D eigenvalue weighted by Crippen LogP contribution is -2.32. The molecule has 2 N–H and O–H groups in total. The van der Waals surface area contributed by atoms with Crippen molar-refractivity contribution in [2.24, 2.45) is 7.05 Å². The minimum atomic E-state index is -0.635. The lowest BCUT2D eigenvalue weighted by molar-refractivity contribution is -0.716. The summed E-state index contributed by atoms with van der Waals surface area (Å²) in [7, 11) is 1.64. The average molecular weight is 265 g/mol. The highest BCUT2D eigenvalue weighted by molar-refractivity contribution is 5.92. The quantitative estimate of drug-likeness (QED) is 0.653. The molecular formula is C13H14FN2O3+. The Labute approximate surface area is 109 Å². The van der Waals surface area contributed by atoms with Crippen molar-refractivity contribution in [3.05, 3.63) is 35.8 Å². The smallest absolute Gasteiger partial charge is 0.364 e. The molecule has 1 heterocycles. The Morgan fingerprint density at radius 2 is 2.05 bits per heavy atom. The van der Waals surface area contributed by atoms with Gasteiger partial charge in [-0.2, -0.15) is 5.10 Å². The van der Waals surface area contributed by atoms with Crippen LogP contribution in [0.5, 0.6) is 5.75 Å². The molecule has 0 saturated carbocycles. The van der Waals surface area contributed by atoms with Crippen molar-refractivity contribution in [1.82, 2.24) is 5.10 Å². The number of carbonyl (C=O) groups excluding carboxylic acids is 1. The number of aromatic hydroxyl groups is 1. The van der Waals surface area contributed by atoms with Crippen LogP contribution in [0.15, 0.2) is 24.3 Å². The molecule has 19 heavy (non-hydrogen) atoms. The predicted molar refractivity (Wildman–Crippen MR) is 65.0 cm³/mol. The summed E-state index contributed by atoms with van der Waals surface area (Å²) >= 11 is 0. The Balaban J connectivity index is 2.47. The largest absolute Gasteiger partial charge is 0.500 e. The van der Waals surface area contributed by atoms with Crippen LogP contribution in [0.2, 0.25) is 0 Å². The van der Waals surface area contributed by atoms with Gasteiger partial charge < -0.3 is 9.84 Å². The van der Waals surface area contributed by atoms with Gasteiger partial charge in [0.1, 0.15) is 5.82 Å². The summed E-state index contributed by atoms with van der Waals surface area (Å²) < 4.78 is 19.2. The van der Waals surface area contributed by atoms with Crippen LogP contribution in [-0.2, 0) is 11.8 Å². The number of carbonyl (C=O) groups is 1.